The Morgan fingerprint density at radius 3 is 2.45 bits per heavy atom. The third kappa shape index (κ3) is 3.71. The van der Waals surface area contributed by atoms with Gasteiger partial charge in [0.25, 0.3) is 5.91 Å². The lowest BCUT2D eigenvalue weighted by molar-refractivity contribution is 0.0699. The molecule has 1 amide bonds. The van der Waals surface area contributed by atoms with Gasteiger partial charge in [-0.15, -0.1) is 0 Å². The van der Waals surface area contributed by atoms with Crippen molar-refractivity contribution in [3.8, 4) is 0 Å². The first-order valence-corrected chi connectivity index (χ1v) is 8.28. The molecule has 0 aliphatic heterocycles. The maximum atomic E-state index is 12.4. The van der Waals surface area contributed by atoms with Crippen molar-refractivity contribution >= 4 is 27.5 Å². The second kappa shape index (κ2) is 6.56. The number of hydrogen-bond acceptors (Lipinski definition) is 3. The van der Waals surface area contributed by atoms with Gasteiger partial charge in [0.05, 0.1) is 5.02 Å². The van der Waals surface area contributed by atoms with Crippen LogP contribution in [0.15, 0.2) is 23.1 Å². The predicted octanol–water partition coefficient (Wildman–Crippen LogP) is 2.25. The third-order valence-electron chi connectivity index (χ3n) is 3.21. The van der Waals surface area contributed by atoms with Crippen molar-refractivity contribution in [2.75, 3.05) is 6.54 Å². The summed E-state index contributed by atoms with van der Waals surface area (Å²) in [6.45, 7) is 6.35. The van der Waals surface area contributed by atoms with Crippen LogP contribution < -0.4 is 5.14 Å². The fourth-order valence-electron chi connectivity index (χ4n) is 1.90. The number of carbonyl (C=O) groups is 1. The first-order chi connectivity index (χ1) is 9.22. The fraction of sp³-hybridized carbons (Fsp3) is 0.462. The van der Waals surface area contributed by atoms with E-state index >= 15 is 0 Å². The van der Waals surface area contributed by atoms with E-state index in [-0.39, 0.29) is 27.4 Å². The van der Waals surface area contributed by atoms with Crippen molar-refractivity contribution in [1.29, 1.82) is 0 Å². The quantitative estimate of drug-likeness (QED) is 0.904. The van der Waals surface area contributed by atoms with E-state index < -0.39 is 10.0 Å². The minimum absolute atomic E-state index is 0.00985. The minimum atomic E-state index is -3.95. The number of benzene rings is 1. The van der Waals surface area contributed by atoms with Crippen LogP contribution in [0.1, 0.15) is 37.6 Å². The van der Waals surface area contributed by atoms with Gasteiger partial charge in [-0.25, -0.2) is 13.6 Å². The Balaban J connectivity index is 3.24. The molecule has 5 nitrogen and oxygen atoms in total. The molecule has 0 spiro atoms. The highest BCUT2D eigenvalue weighted by atomic mass is 35.5. The molecular weight excluding hydrogens is 300 g/mol. The van der Waals surface area contributed by atoms with E-state index in [0.717, 1.165) is 6.42 Å². The summed E-state index contributed by atoms with van der Waals surface area (Å²) in [5, 5.41) is 5.09. The lowest BCUT2D eigenvalue weighted by Gasteiger charge is -2.27. The Kier molecular flexibility index (Phi) is 5.56. The highest BCUT2D eigenvalue weighted by molar-refractivity contribution is 7.89. The van der Waals surface area contributed by atoms with Crippen molar-refractivity contribution in [1.82, 2.24) is 4.90 Å². The summed E-state index contributed by atoms with van der Waals surface area (Å²) in [5.41, 5.74) is 0.264. The molecule has 0 saturated carbocycles. The minimum Gasteiger partial charge on any atom is -0.336 e. The smallest absolute Gasteiger partial charge is 0.254 e. The molecule has 0 heterocycles. The molecule has 0 radical (unpaired) electrons. The van der Waals surface area contributed by atoms with Crippen molar-refractivity contribution in [2.45, 2.75) is 38.1 Å². The van der Waals surface area contributed by atoms with E-state index in [1.807, 2.05) is 20.8 Å². The first-order valence-electron chi connectivity index (χ1n) is 6.35. The maximum absolute atomic E-state index is 12.4. The number of hydrogen-bond donors (Lipinski definition) is 1. The highest BCUT2D eigenvalue weighted by Gasteiger charge is 2.21. The van der Waals surface area contributed by atoms with Crippen LogP contribution in [0.2, 0.25) is 5.02 Å². The zero-order valence-corrected chi connectivity index (χ0v) is 13.3. The summed E-state index contributed by atoms with van der Waals surface area (Å²) in [5.74, 6) is -0.233. The van der Waals surface area contributed by atoms with Crippen LogP contribution in [0.5, 0.6) is 0 Å². The zero-order chi connectivity index (χ0) is 15.5. The number of halogens is 1. The van der Waals surface area contributed by atoms with E-state index in [4.69, 9.17) is 16.7 Å². The predicted molar refractivity (Wildman–Crippen MR) is 79.3 cm³/mol. The summed E-state index contributed by atoms with van der Waals surface area (Å²) >= 11 is 5.80. The fourth-order valence-corrected chi connectivity index (χ4v) is 2.97. The number of nitrogens with two attached hydrogens (primary N) is 1. The molecular formula is C13H19ClN2O3S. The van der Waals surface area contributed by atoms with Crippen LogP contribution in [-0.2, 0) is 10.0 Å². The molecule has 1 unspecified atom stereocenters. The normalized spacial score (nSPS) is 13.1. The average molecular weight is 319 g/mol. The molecule has 2 N–H and O–H groups in total. The van der Waals surface area contributed by atoms with Crippen molar-refractivity contribution in [2.24, 2.45) is 5.14 Å². The van der Waals surface area contributed by atoms with Gasteiger partial charge in [0.1, 0.15) is 4.90 Å². The second-order valence-corrected chi connectivity index (χ2v) is 6.48. The Hall–Kier alpha value is -1.11. The van der Waals surface area contributed by atoms with E-state index in [9.17, 15) is 13.2 Å². The topological polar surface area (TPSA) is 80.5 Å². The number of nitrogens with zero attached hydrogens (tertiary/aromatic N) is 1. The van der Waals surface area contributed by atoms with Gasteiger partial charge in [-0.05, 0) is 38.5 Å². The van der Waals surface area contributed by atoms with Gasteiger partial charge in [0.2, 0.25) is 10.0 Å². The molecule has 7 heteroatoms. The molecule has 1 aromatic carbocycles. The lowest BCUT2D eigenvalue weighted by Crippen LogP contribution is -2.38. The monoisotopic (exact) mass is 318 g/mol. The summed E-state index contributed by atoms with van der Waals surface area (Å²) in [4.78, 5) is 13.9. The van der Waals surface area contributed by atoms with Gasteiger partial charge in [0.15, 0.2) is 0 Å². The number of carbonyl (C=O) groups excluding carboxylic acids is 1. The van der Waals surface area contributed by atoms with E-state index in [1.54, 1.807) is 4.90 Å². The molecule has 1 atom stereocenters. The Morgan fingerprint density at radius 1 is 1.40 bits per heavy atom. The molecule has 0 saturated heterocycles. The van der Waals surface area contributed by atoms with Crippen LogP contribution in [-0.4, -0.2) is 31.8 Å². The van der Waals surface area contributed by atoms with Crippen molar-refractivity contribution in [3.63, 3.8) is 0 Å². The van der Waals surface area contributed by atoms with Crippen molar-refractivity contribution in [3.05, 3.63) is 28.8 Å². The van der Waals surface area contributed by atoms with Crippen molar-refractivity contribution < 1.29 is 13.2 Å². The maximum Gasteiger partial charge on any atom is 0.254 e. The summed E-state index contributed by atoms with van der Waals surface area (Å²) in [7, 11) is -3.95. The van der Waals surface area contributed by atoms with Gasteiger partial charge >= 0.3 is 0 Å². The lowest BCUT2D eigenvalue weighted by atomic mass is 10.1. The molecule has 20 heavy (non-hydrogen) atoms. The molecule has 0 aliphatic rings. The van der Waals surface area contributed by atoms with Crippen LogP contribution >= 0.6 is 11.6 Å². The number of rotatable bonds is 5. The van der Waals surface area contributed by atoms with Crippen LogP contribution in [0.3, 0.4) is 0 Å². The first kappa shape index (κ1) is 16.9. The number of sulfonamides is 1. The third-order valence-corrected chi connectivity index (χ3v) is 4.60. The molecule has 0 fully saturated rings. The van der Waals surface area contributed by atoms with Gasteiger partial charge in [-0.2, -0.15) is 0 Å². The van der Waals surface area contributed by atoms with E-state index in [1.165, 1.54) is 18.2 Å². The Labute approximate surface area is 124 Å². The number of amides is 1. The van der Waals surface area contributed by atoms with Gasteiger partial charge in [-0.3, -0.25) is 4.79 Å². The molecule has 0 bridgehead atoms. The average Bonchev–Trinajstić information content (AvgIpc) is 2.38. The molecule has 1 aromatic rings. The summed E-state index contributed by atoms with van der Waals surface area (Å²) in [6.07, 6.45) is 0.815. The second-order valence-electron chi connectivity index (χ2n) is 4.54. The Bertz CT molecular complexity index is 602. The number of primary sulfonamides is 1. The largest absolute Gasteiger partial charge is 0.336 e. The standard InChI is InChI=1S/C13H19ClN2O3S/c1-4-9(3)16(5-2)13(17)10-6-7-11(14)12(8-10)20(15,18)19/h6-9H,4-5H2,1-3H3,(H2,15,18,19). The van der Waals surface area contributed by atoms with Crippen LogP contribution in [0.4, 0.5) is 0 Å². The van der Waals surface area contributed by atoms with Gasteiger partial charge in [-0.1, -0.05) is 18.5 Å². The molecule has 0 aliphatic carbocycles. The van der Waals surface area contributed by atoms with E-state index in [0.29, 0.717) is 6.54 Å². The SMILES string of the molecule is CCC(C)N(CC)C(=O)c1ccc(Cl)c(S(N)(=O)=O)c1. The summed E-state index contributed by atoms with van der Waals surface area (Å²) < 4.78 is 22.9. The van der Waals surface area contributed by atoms with Crippen LogP contribution in [0.25, 0.3) is 0 Å². The van der Waals surface area contributed by atoms with Crippen LogP contribution in [0, 0.1) is 0 Å². The van der Waals surface area contributed by atoms with Gasteiger partial charge in [0, 0.05) is 18.2 Å². The summed E-state index contributed by atoms with van der Waals surface area (Å²) in [6, 6.07) is 4.18. The van der Waals surface area contributed by atoms with E-state index in [2.05, 4.69) is 0 Å². The molecule has 112 valence electrons. The Morgan fingerprint density at radius 2 is 2.00 bits per heavy atom. The molecule has 1 rings (SSSR count). The van der Waals surface area contributed by atoms with Gasteiger partial charge < -0.3 is 4.90 Å². The molecule has 0 aromatic heterocycles. The zero-order valence-electron chi connectivity index (χ0n) is 11.8. The highest BCUT2D eigenvalue weighted by Crippen LogP contribution is 2.22.